The summed E-state index contributed by atoms with van der Waals surface area (Å²) in [5, 5.41) is 8.10. The van der Waals surface area contributed by atoms with Crippen LogP contribution >= 0.6 is 43.5 Å². The maximum atomic E-state index is 13.1. The molecule has 0 aliphatic rings. The number of amides is 1. The quantitative estimate of drug-likeness (QED) is 0.360. The van der Waals surface area contributed by atoms with Crippen LogP contribution in [-0.4, -0.2) is 26.7 Å². The fourth-order valence-corrected chi connectivity index (χ4v) is 4.99. The van der Waals surface area contributed by atoms with Gasteiger partial charge >= 0.3 is 0 Å². The average molecular weight is 617 g/mol. The molecule has 1 amide bonds. The van der Waals surface area contributed by atoms with Crippen LogP contribution in [0.5, 0.6) is 5.75 Å². The van der Waals surface area contributed by atoms with E-state index in [-0.39, 0.29) is 28.6 Å². The van der Waals surface area contributed by atoms with E-state index in [1.807, 2.05) is 0 Å². The highest BCUT2D eigenvalue weighted by atomic mass is 79.9. The lowest BCUT2D eigenvalue weighted by Crippen LogP contribution is -2.21. The molecule has 0 fully saturated rings. The molecule has 0 aliphatic heterocycles. The topological polar surface area (TPSA) is 116 Å². The van der Waals surface area contributed by atoms with Crippen LogP contribution in [0.3, 0.4) is 0 Å². The molecule has 0 aliphatic carbocycles. The number of halogens is 3. The van der Waals surface area contributed by atoms with Crippen LogP contribution in [-0.2, 0) is 14.8 Å². The number of nitrogens with two attached hydrogens (primary N) is 1. The van der Waals surface area contributed by atoms with Crippen molar-refractivity contribution in [2.45, 2.75) is 11.8 Å². The van der Waals surface area contributed by atoms with Crippen molar-refractivity contribution >= 4 is 70.9 Å². The first-order chi connectivity index (χ1) is 15.4. The molecule has 0 spiro atoms. The number of hydrogen-bond donors (Lipinski definition) is 2. The standard InChI is InChI=1S/C22H17Br2ClN2O5S/c1-12-6-17(33(26,30)31)3-4-19(12)27-21(28)11-32-20-5-2-16(25)10-18(20)22(29)13-7-14(23)9-15(24)8-13/h2-10H,11H2,1H3,(H,27,28)(H2,26,30,31). The van der Waals surface area contributed by atoms with Crippen molar-refractivity contribution in [2.24, 2.45) is 5.14 Å². The van der Waals surface area contributed by atoms with Gasteiger partial charge in [0.2, 0.25) is 10.0 Å². The Morgan fingerprint density at radius 3 is 2.30 bits per heavy atom. The van der Waals surface area contributed by atoms with E-state index >= 15 is 0 Å². The van der Waals surface area contributed by atoms with E-state index in [4.69, 9.17) is 21.5 Å². The Hall–Kier alpha value is -2.24. The van der Waals surface area contributed by atoms with Gasteiger partial charge < -0.3 is 10.1 Å². The smallest absolute Gasteiger partial charge is 0.262 e. The second-order valence-corrected chi connectivity index (χ2v) is 10.8. The first-order valence-electron chi connectivity index (χ1n) is 9.30. The summed E-state index contributed by atoms with van der Waals surface area (Å²) in [5.74, 6) is -0.638. The molecule has 0 aromatic heterocycles. The second-order valence-electron chi connectivity index (χ2n) is 6.99. The Labute approximate surface area is 212 Å². The van der Waals surface area contributed by atoms with Crippen LogP contribution in [0.15, 0.2) is 68.4 Å². The third-order valence-corrected chi connectivity index (χ3v) is 6.53. The lowest BCUT2D eigenvalue weighted by Gasteiger charge is -2.13. The molecule has 3 aromatic carbocycles. The summed E-state index contributed by atoms with van der Waals surface area (Å²) in [4.78, 5) is 25.4. The van der Waals surface area contributed by atoms with E-state index in [0.29, 0.717) is 30.8 Å². The summed E-state index contributed by atoms with van der Waals surface area (Å²) in [6.07, 6.45) is 0. The fraction of sp³-hybridized carbons (Fsp3) is 0.0909. The van der Waals surface area contributed by atoms with Gasteiger partial charge in [-0.05, 0) is 67.1 Å². The number of sulfonamides is 1. The van der Waals surface area contributed by atoms with Crippen molar-refractivity contribution in [3.8, 4) is 5.75 Å². The number of nitrogens with one attached hydrogen (secondary N) is 1. The highest BCUT2D eigenvalue weighted by Gasteiger charge is 2.18. The summed E-state index contributed by atoms with van der Waals surface area (Å²) in [5.41, 5.74) is 1.52. The number of hydrogen-bond acceptors (Lipinski definition) is 5. The molecule has 3 aromatic rings. The van der Waals surface area contributed by atoms with E-state index in [1.54, 1.807) is 31.2 Å². The molecule has 0 saturated heterocycles. The molecule has 0 radical (unpaired) electrons. The van der Waals surface area contributed by atoms with Crippen LogP contribution in [0.4, 0.5) is 5.69 Å². The van der Waals surface area contributed by atoms with Crippen molar-refractivity contribution in [1.82, 2.24) is 0 Å². The molecular weight excluding hydrogens is 600 g/mol. The lowest BCUT2D eigenvalue weighted by atomic mass is 10.0. The molecule has 0 heterocycles. The predicted octanol–water partition coefficient (Wildman–Crippen LogP) is 5.07. The highest BCUT2D eigenvalue weighted by molar-refractivity contribution is 9.11. The molecule has 33 heavy (non-hydrogen) atoms. The Balaban J connectivity index is 1.77. The molecule has 0 atom stereocenters. The molecular formula is C22H17Br2ClN2O5S. The van der Waals surface area contributed by atoms with Crippen molar-refractivity contribution in [3.63, 3.8) is 0 Å². The first kappa shape index (κ1) is 25.4. The first-order valence-corrected chi connectivity index (χ1v) is 12.8. The molecule has 7 nitrogen and oxygen atoms in total. The van der Waals surface area contributed by atoms with Gasteiger partial charge in [0.1, 0.15) is 5.75 Å². The van der Waals surface area contributed by atoms with Crippen LogP contribution in [0, 0.1) is 6.92 Å². The third-order valence-electron chi connectivity index (χ3n) is 4.47. The number of anilines is 1. The minimum atomic E-state index is -3.85. The van der Waals surface area contributed by atoms with Crippen molar-refractivity contribution in [1.29, 1.82) is 0 Å². The van der Waals surface area contributed by atoms with Gasteiger partial charge in [-0.25, -0.2) is 13.6 Å². The van der Waals surface area contributed by atoms with Gasteiger partial charge in [-0.1, -0.05) is 43.5 Å². The van der Waals surface area contributed by atoms with Gasteiger partial charge in [-0.15, -0.1) is 0 Å². The zero-order valence-corrected chi connectivity index (χ0v) is 21.8. The van der Waals surface area contributed by atoms with Crippen molar-refractivity contribution < 1.29 is 22.7 Å². The predicted molar refractivity (Wildman–Crippen MR) is 133 cm³/mol. The van der Waals surface area contributed by atoms with Gasteiger partial charge in [0.25, 0.3) is 5.91 Å². The summed E-state index contributed by atoms with van der Waals surface area (Å²) >= 11 is 12.8. The van der Waals surface area contributed by atoms with Gasteiger partial charge in [-0.2, -0.15) is 0 Å². The maximum Gasteiger partial charge on any atom is 0.262 e. The SMILES string of the molecule is Cc1cc(S(N)(=O)=O)ccc1NC(=O)COc1ccc(Cl)cc1C(=O)c1cc(Br)cc(Br)c1. The Kier molecular flexibility index (Phi) is 7.96. The Bertz CT molecular complexity index is 1340. The minimum Gasteiger partial charge on any atom is -0.483 e. The largest absolute Gasteiger partial charge is 0.483 e. The number of carbonyl (C=O) groups excluding carboxylic acids is 2. The van der Waals surface area contributed by atoms with Gasteiger partial charge in [0.05, 0.1) is 10.5 Å². The van der Waals surface area contributed by atoms with Gasteiger partial charge in [-0.3, -0.25) is 9.59 Å². The number of benzene rings is 3. The molecule has 3 N–H and O–H groups in total. The molecule has 0 bridgehead atoms. The number of aryl methyl sites for hydroxylation is 1. The van der Waals surface area contributed by atoms with Gasteiger partial charge in [0.15, 0.2) is 12.4 Å². The molecule has 3 rings (SSSR count). The normalized spacial score (nSPS) is 11.2. The van der Waals surface area contributed by atoms with Crippen molar-refractivity contribution in [3.05, 3.63) is 85.3 Å². The van der Waals surface area contributed by atoms with Gasteiger partial charge in [0, 0.05) is 25.2 Å². The summed E-state index contributed by atoms with van der Waals surface area (Å²) in [6.45, 7) is 1.25. The Morgan fingerprint density at radius 2 is 1.70 bits per heavy atom. The molecule has 172 valence electrons. The number of primary sulfonamides is 1. The van der Waals surface area contributed by atoms with E-state index < -0.39 is 15.9 Å². The summed E-state index contributed by atoms with van der Waals surface area (Å²) in [6, 6.07) is 13.8. The number of ketones is 1. The second kappa shape index (κ2) is 10.4. The molecule has 0 saturated carbocycles. The van der Waals surface area contributed by atoms with E-state index in [0.717, 1.165) is 0 Å². The van der Waals surface area contributed by atoms with E-state index in [9.17, 15) is 18.0 Å². The summed E-state index contributed by atoms with van der Waals surface area (Å²) in [7, 11) is -3.85. The van der Waals surface area contributed by atoms with Crippen LogP contribution < -0.4 is 15.2 Å². The average Bonchev–Trinajstić information content (AvgIpc) is 2.72. The minimum absolute atomic E-state index is 0.0576. The summed E-state index contributed by atoms with van der Waals surface area (Å²) < 4.78 is 30.0. The third kappa shape index (κ3) is 6.64. The molecule has 11 heteroatoms. The van der Waals surface area contributed by atoms with Crippen LogP contribution in [0.25, 0.3) is 0 Å². The fourth-order valence-electron chi connectivity index (χ4n) is 2.93. The maximum absolute atomic E-state index is 13.1. The number of rotatable bonds is 7. The zero-order chi connectivity index (χ0) is 24.3. The monoisotopic (exact) mass is 614 g/mol. The highest BCUT2D eigenvalue weighted by Crippen LogP contribution is 2.28. The number of carbonyl (C=O) groups is 2. The lowest BCUT2D eigenvalue weighted by molar-refractivity contribution is -0.118. The molecule has 0 unspecified atom stereocenters. The van der Waals surface area contributed by atoms with E-state index in [1.165, 1.54) is 30.3 Å². The van der Waals surface area contributed by atoms with Crippen molar-refractivity contribution in [2.75, 3.05) is 11.9 Å². The number of ether oxygens (including phenoxy) is 1. The van der Waals surface area contributed by atoms with E-state index in [2.05, 4.69) is 37.2 Å². The Morgan fingerprint density at radius 1 is 1.03 bits per heavy atom. The van der Waals surface area contributed by atoms with Crippen LogP contribution in [0.2, 0.25) is 5.02 Å². The van der Waals surface area contributed by atoms with Crippen LogP contribution in [0.1, 0.15) is 21.5 Å². The zero-order valence-electron chi connectivity index (χ0n) is 17.1.